The van der Waals surface area contributed by atoms with Crippen LogP contribution in [0.25, 0.3) is 22.2 Å². The molecule has 1 saturated carbocycles. The van der Waals surface area contributed by atoms with Gasteiger partial charge in [-0.15, -0.1) is 0 Å². The molecule has 0 unspecified atom stereocenters. The monoisotopic (exact) mass is 362 g/mol. The van der Waals surface area contributed by atoms with E-state index in [0.717, 1.165) is 45.2 Å². The molecule has 0 aliphatic heterocycles. The van der Waals surface area contributed by atoms with Crippen molar-refractivity contribution in [3.63, 3.8) is 0 Å². The Labute approximate surface area is 162 Å². The summed E-state index contributed by atoms with van der Waals surface area (Å²) in [5, 5.41) is 1.15. The van der Waals surface area contributed by atoms with Crippen LogP contribution in [0.15, 0.2) is 35.6 Å². The van der Waals surface area contributed by atoms with E-state index in [1.807, 2.05) is 26.2 Å². The number of aromatic nitrogens is 3. The van der Waals surface area contributed by atoms with Crippen molar-refractivity contribution < 1.29 is 0 Å². The zero-order valence-electron chi connectivity index (χ0n) is 17.3. The van der Waals surface area contributed by atoms with Crippen LogP contribution < -0.4 is 0 Å². The fourth-order valence-corrected chi connectivity index (χ4v) is 2.91. The first kappa shape index (κ1) is 19.3. The number of rotatable bonds is 3. The lowest BCUT2D eigenvalue weighted by Gasteiger charge is -2.05. The Balaban J connectivity index is 0.000000481. The Morgan fingerprint density at radius 1 is 1.19 bits per heavy atom. The predicted molar refractivity (Wildman–Crippen MR) is 115 cm³/mol. The maximum atomic E-state index is 4.76. The second-order valence-corrected chi connectivity index (χ2v) is 8.26. The van der Waals surface area contributed by atoms with Gasteiger partial charge in [0.25, 0.3) is 0 Å². The van der Waals surface area contributed by atoms with Crippen molar-refractivity contribution in [3.05, 3.63) is 41.9 Å². The lowest BCUT2D eigenvalue weighted by molar-refractivity contribution is 0.737. The third-order valence-electron chi connectivity index (χ3n) is 4.25. The largest absolute Gasteiger partial charge is 0.346 e. The van der Waals surface area contributed by atoms with E-state index >= 15 is 0 Å². The molecule has 0 spiro atoms. The molecule has 142 valence electrons. The van der Waals surface area contributed by atoms with E-state index in [4.69, 9.17) is 4.98 Å². The molecule has 3 aromatic heterocycles. The van der Waals surface area contributed by atoms with Crippen LogP contribution in [0, 0.1) is 12.8 Å². The predicted octanol–water partition coefficient (Wildman–Crippen LogP) is 6.59. The van der Waals surface area contributed by atoms with Crippen LogP contribution in [-0.2, 0) is 0 Å². The molecule has 0 amide bonds. The average Bonchev–Trinajstić information content (AvgIpc) is 3.35. The summed E-state index contributed by atoms with van der Waals surface area (Å²) < 4.78 is 0. The number of nitrogens with one attached hydrogen (secondary N) is 1. The van der Waals surface area contributed by atoms with Crippen LogP contribution >= 0.6 is 0 Å². The van der Waals surface area contributed by atoms with E-state index in [1.54, 1.807) is 0 Å². The average molecular weight is 363 g/mol. The maximum absolute atomic E-state index is 4.76. The van der Waals surface area contributed by atoms with E-state index in [2.05, 4.69) is 60.9 Å². The van der Waals surface area contributed by atoms with Crippen LogP contribution in [0.1, 0.15) is 64.6 Å². The van der Waals surface area contributed by atoms with Gasteiger partial charge in [0.05, 0.1) is 0 Å². The zero-order chi connectivity index (χ0) is 19.6. The number of H-pyrrole nitrogens is 1. The molecule has 4 rings (SSSR count). The minimum atomic E-state index is 0.671. The summed E-state index contributed by atoms with van der Waals surface area (Å²) in [4.78, 5) is 17.1. The lowest BCUT2D eigenvalue weighted by Crippen LogP contribution is -1.88. The minimum absolute atomic E-state index is 0.671. The highest BCUT2D eigenvalue weighted by molar-refractivity contribution is 5.93. The lowest BCUT2D eigenvalue weighted by atomic mass is 10.1. The third kappa shape index (κ3) is 4.82. The molecule has 1 fully saturated rings. The second kappa shape index (κ2) is 8.03. The van der Waals surface area contributed by atoms with E-state index in [9.17, 15) is 0 Å². The number of fused-ring (bicyclic) bond motifs is 1. The third-order valence-corrected chi connectivity index (χ3v) is 4.25. The van der Waals surface area contributed by atoms with E-state index < -0.39 is 0 Å². The van der Waals surface area contributed by atoms with Gasteiger partial charge in [-0.05, 0) is 63.3 Å². The molecule has 1 aliphatic carbocycles. The summed E-state index contributed by atoms with van der Waals surface area (Å²) in [6.07, 6.45) is 6.47. The van der Waals surface area contributed by atoms with Gasteiger partial charge in [-0.3, -0.25) is 0 Å². The Bertz CT molecular complexity index is 955. The van der Waals surface area contributed by atoms with Gasteiger partial charge in [0.2, 0.25) is 0 Å². The topological polar surface area (TPSA) is 53.9 Å². The van der Waals surface area contributed by atoms with Crippen LogP contribution in [0.2, 0.25) is 0 Å². The molecule has 0 aromatic carbocycles. The number of aliphatic imine (C=N–C) groups is 1. The molecule has 0 atom stereocenters. The number of hydrogen-bond donors (Lipinski definition) is 1. The van der Waals surface area contributed by atoms with Gasteiger partial charge in [-0.25, -0.2) is 15.0 Å². The summed E-state index contributed by atoms with van der Waals surface area (Å²) in [6, 6.07) is 6.49. The van der Waals surface area contributed by atoms with Crippen molar-refractivity contribution >= 4 is 22.6 Å². The SMILES string of the molecule is CC(C)=Nc1ncc(-c2c[nH]c3nc(C4CC4)ccc23)cc1C.CC(C)C. The molecular weight excluding hydrogens is 332 g/mol. The molecule has 0 radical (unpaired) electrons. The van der Waals surface area contributed by atoms with E-state index in [0.29, 0.717) is 5.92 Å². The molecule has 0 bridgehead atoms. The summed E-state index contributed by atoms with van der Waals surface area (Å²) in [5.74, 6) is 2.30. The highest BCUT2D eigenvalue weighted by Gasteiger charge is 2.25. The van der Waals surface area contributed by atoms with Crippen molar-refractivity contribution in [2.75, 3.05) is 0 Å². The number of nitrogens with zero attached hydrogens (tertiary/aromatic N) is 3. The van der Waals surface area contributed by atoms with Crippen LogP contribution in [-0.4, -0.2) is 20.7 Å². The first-order valence-electron chi connectivity index (χ1n) is 9.82. The quantitative estimate of drug-likeness (QED) is 0.535. The Hall–Kier alpha value is -2.49. The smallest absolute Gasteiger partial charge is 0.154 e. The minimum Gasteiger partial charge on any atom is -0.346 e. The number of pyridine rings is 2. The first-order chi connectivity index (χ1) is 12.8. The van der Waals surface area contributed by atoms with Crippen LogP contribution in [0.3, 0.4) is 0 Å². The van der Waals surface area contributed by atoms with Gasteiger partial charge in [0.15, 0.2) is 5.82 Å². The standard InChI is InChI=1S/C19H20N4.C4H10/c1-11(2)22-18-12(3)8-14(9-20-18)16-10-21-19-15(16)6-7-17(23-19)13-4-5-13;1-4(2)3/h6-10,13H,4-5H2,1-3H3,(H,21,23);4H,1-3H3. The van der Waals surface area contributed by atoms with Gasteiger partial charge in [0.1, 0.15) is 5.65 Å². The van der Waals surface area contributed by atoms with Gasteiger partial charge >= 0.3 is 0 Å². The fraction of sp³-hybridized carbons (Fsp3) is 0.435. The van der Waals surface area contributed by atoms with E-state index in [1.165, 1.54) is 18.5 Å². The molecule has 1 N–H and O–H groups in total. The highest BCUT2D eigenvalue weighted by atomic mass is 14.9. The number of aromatic amines is 1. The number of aryl methyl sites for hydroxylation is 1. The Morgan fingerprint density at radius 3 is 2.48 bits per heavy atom. The summed E-state index contributed by atoms with van der Waals surface area (Å²) in [5.41, 5.74) is 6.52. The van der Waals surface area contributed by atoms with Gasteiger partial charge in [-0.2, -0.15) is 0 Å². The Kier molecular flexibility index (Phi) is 5.73. The van der Waals surface area contributed by atoms with Crippen molar-refractivity contribution in [2.24, 2.45) is 10.9 Å². The molecule has 3 heterocycles. The molecule has 4 nitrogen and oxygen atoms in total. The summed E-state index contributed by atoms with van der Waals surface area (Å²) in [6.45, 7) is 12.5. The van der Waals surface area contributed by atoms with E-state index in [-0.39, 0.29) is 0 Å². The second-order valence-electron chi connectivity index (χ2n) is 8.26. The fourth-order valence-electron chi connectivity index (χ4n) is 2.91. The number of hydrogen-bond acceptors (Lipinski definition) is 3. The van der Waals surface area contributed by atoms with Crippen molar-refractivity contribution in [1.29, 1.82) is 0 Å². The molecular formula is C23H30N4. The molecule has 1 aliphatic rings. The van der Waals surface area contributed by atoms with Crippen LogP contribution in [0.4, 0.5) is 5.82 Å². The molecule has 27 heavy (non-hydrogen) atoms. The van der Waals surface area contributed by atoms with Gasteiger partial charge in [-0.1, -0.05) is 20.8 Å². The summed E-state index contributed by atoms with van der Waals surface area (Å²) in [7, 11) is 0. The maximum Gasteiger partial charge on any atom is 0.154 e. The molecule has 0 saturated heterocycles. The van der Waals surface area contributed by atoms with Gasteiger partial charge in [0, 0.05) is 46.2 Å². The normalized spacial score (nSPS) is 13.4. The molecule has 3 aromatic rings. The Morgan fingerprint density at radius 2 is 1.89 bits per heavy atom. The van der Waals surface area contributed by atoms with Gasteiger partial charge < -0.3 is 4.98 Å². The van der Waals surface area contributed by atoms with Crippen molar-refractivity contribution in [3.8, 4) is 11.1 Å². The summed E-state index contributed by atoms with van der Waals surface area (Å²) >= 11 is 0. The first-order valence-corrected chi connectivity index (χ1v) is 9.82. The zero-order valence-corrected chi connectivity index (χ0v) is 17.3. The van der Waals surface area contributed by atoms with Crippen LogP contribution in [0.5, 0.6) is 0 Å². The van der Waals surface area contributed by atoms with Crippen molar-refractivity contribution in [2.45, 2.75) is 60.3 Å². The van der Waals surface area contributed by atoms with Crippen molar-refractivity contribution in [1.82, 2.24) is 15.0 Å². The molecule has 4 heteroatoms. The highest BCUT2D eigenvalue weighted by Crippen LogP contribution is 2.40.